The second-order valence-corrected chi connectivity index (χ2v) is 6.95. The molecular weight excluding hydrogens is 350 g/mol. The fourth-order valence-corrected chi connectivity index (χ4v) is 3.40. The molecule has 146 valence electrons. The summed E-state index contributed by atoms with van der Waals surface area (Å²) in [5.41, 5.74) is 2.23. The molecule has 0 saturated heterocycles. The van der Waals surface area contributed by atoms with E-state index >= 15 is 0 Å². The van der Waals surface area contributed by atoms with Crippen molar-refractivity contribution in [2.24, 2.45) is 0 Å². The SMILES string of the molecule is COc1ccccc1CC(C)N(Cc1ccccc1)C(=O)CCc1ccco1. The molecule has 0 saturated carbocycles. The van der Waals surface area contributed by atoms with Crippen molar-refractivity contribution in [3.05, 3.63) is 89.9 Å². The summed E-state index contributed by atoms with van der Waals surface area (Å²) in [6, 6.07) is 21.9. The molecule has 1 unspecified atom stereocenters. The number of rotatable bonds is 9. The molecule has 2 aromatic carbocycles. The molecule has 0 radical (unpaired) electrons. The number of benzene rings is 2. The van der Waals surface area contributed by atoms with E-state index in [1.54, 1.807) is 13.4 Å². The first-order chi connectivity index (χ1) is 13.7. The summed E-state index contributed by atoms with van der Waals surface area (Å²) < 4.78 is 10.9. The van der Waals surface area contributed by atoms with Crippen LogP contribution in [0.3, 0.4) is 0 Å². The lowest BCUT2D eigenvalue weighted by Gasteiger charge is -2.30. The van der Waals surface area contributed by atoms with Crippen LogP contribution >= 0.6 is 0 Å². The van der Waals surface area contributed by atoms with Crippen LogP contribution in [0.15, 0.2) is 77.4 Å². The predicted molar refractivity (Wildman–Crippen MR) is 110 cm³/mol. The van der Waals surface area contributed by atoms with E-state index < -0.39 is 0 Å². The molecule has 0 aliphatic carbocycles. The van der Waals surface area contributed by atoms with E-state index in [0.717, 1.165) is 29.1 Å². The molecule has 1 amide bonds. The normalized spacial score (nSPS) is 11.8. The van der Waals surface area contributed by atoms with Crippen molar-refractivity contribution < 1.29 is 13.9 Å². The van der Waals surface area contributed by atoms with Crippen LogP contribution in [0.5, 0.6) is 5.75 Å². The van der Waals surface area contributed by atoms with Gasteiger partial charge < -0.3 is 14.1 Å². The van der Waals surface area contributed by atoms with Crippen molar-refractivity contribution in [3.8, 4) is 5.75 Å². The van der Waals surface area contributed by atoms with Gasteiger partial charge in [0.25, 0.3) is 0 Å². The first-order valence-corrected chi connectivity index (χ1v) is 9.65. The maximum absolute atomic E-state index is 13.1. The minimum absolute atomic E-state index is 0.0422. The van der Waals surface area contributed by atoms with E-state index in [0.29, 0.717) is 19.4 Å². The van der Waals surface area contributed by atoms with Gasteiger partial charge in [-0.15, -0.1) is 0 Å². The third-order valence-electron chi connectivity index (χ3n) is 4.92. The highest BCUT2D eigenvalue weighted by atomic mass is 16.5. The van der Waals surface area contributed by atoms with Crippen molar-refractivity contribution in [2.75, 3.05) is 7.11 Å². The Morgan fingerprint density at radius 2 is 1.79 bits per heavy atom. The van der Waals surface area contributed by atoms with E-state index in [1.165, 1.54) is 0 Å². The Balaban J connectivity index is 1.75. The quantitative estimate of drug-likeness (QED) is 0.534. The molecule has 0 fully saturated rings. The highest BCUT2D eigenvalue weighted by Crippen LogP contribution is 2.22. The monoisotopic (exact) mass is 377 g/mol. The summed E-state index contributed by atoms with van der Waals surface area (Å²) in [6.45, 7) is 2.69. The van der Waals surface area contributed by atoms with Gasteiger partial charge in [0, 0.05) is 25.4 Å². The first-order valence-electron chi connectivity index (χ1n) is 9.65. The van der Waals surface area contributed by atoms with E-state index in [2.05, 4.69) is 25.1 Å². The van der Waals surface area contributed by atoms with Crippen LogP contribution in [-0.4, -0.2) is 24.0 Å². The van der Waals surface area contributed by atoms with Crippen molar-refractivity contribution in [3.63, 3.8) is 0 Å². The molecule has 1 aromatic heterocycles. The van der Waals surface area contributed by atoms with E-state index in [4.69, 9.17) is 9.15 Å². The Morgan fingerprint density at radius 1 is 1.04 bits per heavy atom. The zero-order valence-electron chi connectivity index (χ0n) is 16.5. The zero-order valence-corrected chi connectivity index (χ0v) is 16.5. The number of nitrogens with zero attached hydrogens (tertiary/aromatic N) is 1. The zero-order chi connectivity index (χ0) is 19.8. The Bertz CT molecular complexity index is 859. The molecule has 28 heavy (non-hydrogen) atoms. The van der Waals surface area contributed by atoms with Gasteiger partial charge in [0.1, 0.15) is 11.5 Å². The Kier molecular flexibility index (Phi) is 6.90. The second kappa shape index (κ2) is 9.79. The van der Waals surface area contributed by atoms with Crippen LogP contribution in [0, 0.1) is 0 Å². The Hall–Kier alpha value is -3.01. The van der Waals surface area contributed by atoms with Gasteiger partial charge in [0.05, 0.1) is 13.4 Å². The number of carbonyl (C=O) groups is 1. The van der Waals surface area contributed by atoms with Gasteiger partial charge in [-0.3, -0.25) is 4.79 Å². The smallest absolute Gasteiger partial charge is 0.223 e. The van der Waals surface area contributed by atoms with Crippen molar-refractivity contribution in [2.45, 2.75) is 38.8 Å². The minimum atomic E-state index is 0.0422. The fraction of sp³-hybridized carbons (Fsp3) is 0.292. The number of amides is 1. The molecule has 1 heterocycles. The van der Waals surface area contributed by atoms with Crippen LogP contribution in [0.4, 0.5) is 0 Å². The number of hydrogen-bond donors (Lipinski definition) is 0. The van der Waals surface area contributed by atoms with Crippen molar-refractivity contribution in [1.82, 2.24) is 4.90 Å². The van der Waals surface area contributed by atoms with E-state index in [9.17, 15) is 4.79 Å². The third-order valence-corrected chi connectivity index (χ3v) is 4.92. The maximum atomic E-state index is 13.1. The van der Waals surface area contributed by atoms with Gasteiger partial charge in [-0.05, 0) is 42.7 Å². The molecule has 4 heteroatoms. The molecule has 3 aromatic rings. The Labute approximate surface area is 166 Å². The summed E-state index contributed by atoms with van der Waals surface area (Å²) in [5, 5.41) is 0. The van der Waals surface area contributed by atoms with Crippen LogP contribution in [0.1, 0.15) is 30.2 Å². The molecule has 0 spiro atoms. The molecule has 3 rings (SSSR count). The minimum Gasteiger partial charge on any atom is -0.496 e. The van der Waals surface area contributed by atoms with Gasteiger partial charge in [-0.2, -0.15) is 0 Å². The topological polar surface area (TPSA) is 42.7 Å². The largest absolute Gasteiger partial charge is 0.496 e. The Morgan fingerprint density at radius 3 is 2.50 bits per heavy atom. The number of furan rings is 1. The maximum Gasteiger partial charge on any atom is 0.223 e. The predicted octanol–water partition coefficient (Wildman–Crippen LogP) is 4.88. The van der Waals surface area contributed by atoms with Gasteiger partial charge in [-0.25, -0.2) is 0 Å². The molecule has 0 aliphatic heterocycles. The molecule has 1 atom stereocenters. The average Bonchev–Trinajstić information content (AvgIpc) is 3.25. The summed E-state index contributed by atoms with van der Waals surface area (Å²) in [5.74, 6) is 1.82. The summed E-state index contributed by atoms with van der Waals surface area (Å²) >= 11 is 0. The summed E-state index contributed by atoms with van der Waals surface area (Å²) in [6.07, 6.45) is 3.42. The number of methoxy groups -OCH3 is 1. The van der Waals surface area contributed by atoms with Crippen LogP contribution in [0.2, 0.25) is 0 Å². The lowest BCUT2D eigenvalue weighted by Crippen LogP contribution is -2.39. The molecular formula is C24H27NO3. The fourth-order valence-electron chi connectivity index (χ4n) is 3.40. The standard InChI is InChI=1S/C24H27NO3/c1-19(17-21-11-6-7-13-23(21)27-2)25(18-20-9-4-3-5-10-20)24(26)15-14-22-12-8-16-28-22/h3-13,16,19H,14-15,17-18H2,1-2H3. The number of ether oxygens (including phenoxy) is 1. The van der Waals surface area contributed by atoms with Crippen molar-refractivity contribution in [1.29, 1.82) is 0 Å². The molecule has 0 aliphatic rings. The van der Waals surface area contributed by atoms with Gasteiger partial charge >= 0.3 is 0 Å². The van der Waals surface area contributed by atoms with E-state index in [1.807, 2.05) is 53.4 Å². The molecule has 0 bridgehead atoms. The number of aryl methyl sites for hydroxylation is 1. The molecule has 4 nitrogen and oxygen atoms in total. The second-order valence-electron chi connectivity index (χ2n) is 6.95. The highest BCUT2D eigenvalue weighted by Gasteiger charge is 2.22. The first kappa shape index (κ1) is 19.7. The lowest BCUT2D eigenvalue weighted by atomic mass is 10.0. The lowest BCUT2D eigenvalue weighted by molar-refractivity contribution is -0.133. The molecule has 0 N–H and O–H groups in total. The van der Waals surface area contributed by atoms with Crippen molar-refractivity contribution >= 4 is 5.91 Å². The van der Waals surface area contributed by atoms with Gasteiger partial charge in [0.2, 0.25) is 5.91 Å². The van der Waals surface area contributed by atoms with Crippen LogP contribution in [0.25, 0.3) is 0 Å². The number of para-hydroxylation sites is 1. The van der Waals surface area contributed by atoms with Crippen LogP contribution in [-0.2, 0) is 24.2 Å². The number of hydrogen-bond acceptors (Lipinski definition) is 3. The average molecular weight is 377 g/mol. The highest BCUT2D eigenvalue weighted by molar-refractivity contribution is 5.76. The third kappa shape index (κ3) is 5.26. The van der Waals surface area contributed by atoms with Gasteiger partial charge in [-0.1, -0.05) is 48.5 Å². The summed E-state index contributed by atoms with van der Waals surface area (Å²) in [7, 11) is 1.68. The van der Waals surface area contributed by atoms with Gasteiger partial charge in [0.15, 0.2) is 0 Å². The van der Waals surface area contributed by atoms with Crippen LogP contribution < -0.4 is 4.74 Å². The van der Waals surface area contributed by atoms with E-state index in [-0.39, 0.29) is 11.9 Å². The number of carbonyl (C=O) groups excluding carboxylic acids is 1. The summed E-state index contributed by atoms with van der Waals surface area (Å²) in [4.78, 5) is 15.0.